The summed E-state index contributed by atoms with van der Waals surface area (Å²) >= 11 is 0. The van der Waals surface area contributed by atoms with Gasteiger partial charge in [-0.3, -0.25) is 9.59 Å². The highest BCUT2D eigenvalue weighted by atomic mass is 19.3. The van der Waals surface area contributed by atoms with Crippen LogP contribution in [0.2, 0.25) is 0 Å². The Morgan fingerprint density at radius 3 is 2.50 bits per heavy atom. The van der Waals surface area contributed by atoms with Crippen molar-refractivity contribution in [3.63, 3.8) is 0 Å². The van der Waals surface area contributed by atoms with Gasteiger partial charge < -0.3 is 20.3 Å². The van der Waals surface area contributed by atoms with Crippen molar-refractivity contribution in [2.75, 3.05) is 31.1 Å². The van der Waals surface area contributed by atoms with Crippen LogP contribution in [-0.2, 0) is 0 Å². The van der Waals surface area contributed by atoms with Crippen LogP contribution in [0.1, 0.15) is 34.3 Å². The van der Waals surface area contributed by atoms with E-state index in [1.54, 1.807) is 42.5 Å². The number of amides is 2. The van der Waals surface area contributed by atoms with Gasteiger partial charge in [0.25, 0.3) is 18.2 Å². The fourth-order valence-corrected chi connectivity index (χ4v) is 3.97. The lowest BCUT2D eigenvalue weighted by atomic mass is 10.2. The van der Waals surface area contributed by atoms with Crippen molar-refractivity contribution in [2.45, 2.75) is 25.8 Å². The zero-order valence-corrected chi connectivity index (χ0v) is 21.6. The number of pyridine rings is 1. The highest BCUT2D eigenvalue weighted by Crippen LogP contribution is 2.20. The Balaban J connectivity index is 0.000000461. The maximum atomic E-state index is 12.5. The zero-order chi connectivity index (χ0) is 28.5. The Labute approximate surface area is 228 Å². The molecule has 210 valence electrons. The van der Waals surface area contributed by atoms with Crippen LogP contribution in [0.5, 0.6) is 5.75 Å². The Morgan fingerprint density at radius 1 is 1.05 bits per heavy atom. The number of nitrogens with zero attached hydrogens (tertiary/aromatic N) is 5. The molecule has 1 aliphatic heterocycles. The van der Waals surface area contributed by atoms with Gasteiger partial charge in [0.15, 0.2) is 11.3 Å². The van der Waals surface area contributed by atoms with Crippen molar-refractivity contribution in [1.29, 1.82) is 0 Å². The van der Waals surface area contributed by atoms with Crippen molar-refractivity contribution in [3.8, 4) is 5.75 Å². The number of carbonyl (C=O) groups is 2. The first-order valence-corrected chi connectivity index (χ1v) is 12.6. The van der Waals surface area contributed by atoms with Crippen LogP contribution < -0.4 is 20.3 Å². The van der Waals surface area contributed by atoms with Gasteiger partial charge in [-0.15, -0.1) is 5.10 Å². The first kappa shape index (κ1) is 28.3. The monoisotopic (exact) mass is 555 g/mol. The highest BCUT2D eigenvalue weighted by Gasteiger charge is 2.26. The highest BCUT2D eigenvalue weighted by molar-refractivity contribution is 5.93. The molecule has 1 aliphatic rings. The third kappa shape index (κ3) is 7.46. The first-order valence-electron chi connectivity index (χ1n) is 12.6. The number of alkyl halides is 2. The summed E-state index contributed by atoms with van der Waals surface area (Å²) in [6, 6.07) is 14.6. The quantitative estimate of drug-likeness (QED) is 0.343. The number of hydrogen-bond donors (Lipinski definition) is 2. The molecule has 40 heavy (non-hydrogen) atoms. The van der Waals surface area contributed by atoms with E-state index >= 15 is 0 Å². The third-order valence-corrected chi connectivity index (χ3v) is 5.86. The second-order valence-corrected chi connectivity index (χ2v) is 8.72. The molecule has 5 rings (SSSR count). The number of aromatic nitrogens is 4. The molecule has 10 nitrogen and oxygen atoms in total. The summed E-state index contributed by atoms with van der Waals surface area (Å²) in [7, 11) is 0. The van der Waals surface area contributed by atoms with E-state index < -0.39 is 18.9 Å². The predicted octanol–water partition coefficient (Wildman–Crippen LogP) is 3.35. The zero-order valence-electron chi connectivity index (χ0n) is 21.6. The summed E-state index contributed by atoms with van der Waals surface area (Å²) in [5.41, 5.74) is 0.791. The van der Waals surface area contributed by atoms with Crippen molar-refractivity contribution < 1.29 is 27.5 Å². The summed E-state index contributed by atoms with van der Waals surface area (Å²) in [5, 5.41) is 9.58. The summed E-state index contributed by atoms with van der Waals surface area (Å²) in [6.45, 7) is 2.80. The molecule has 4 aromatic rings. The number of rotatable bonds is 8. The number of anilines is 1. The fourth-order valence-electron chi connectivity index (χ4n) is 3.97. The lowest BCUT2D eigenvalue weighted by molar-refractivity contribution is 0.0884. The van der Waals surface area contributed by atoms with E-state index in [1.165, 1.54) is 29.0 Å². The van der Waals surface area contributed by atoms with Gasteiger partial charge in [0, 0.05) is 19.1 Å². The van der Waals surface area contributed by atoms with Crippen molar-refractivity contribution in [3.05, 3.63) is 84.2 Å². The van der Waals surface area contributed by atoms with Crippen LogP contribution in [0.15, 0.2) is 67.0 Å². The van der Waals surface area contributed by atoms with E-state index in [4.69, 9.17) is 4.74 Å². The van der Waals surface area contributed by atoms with E-state index in [0.29, 0.717) is 49.0 Å². The van der Waals surface area contributed by atoms with Crippen LogP contribution in [0.25, 0.3) is 5.65 Å². The molecule has 0 spiro atoms. The molecule has 0 aliphatic carbocycles. The molecule has 1 saturated heterocycles. The van der Waals surface area contributed by atoms with Crippen LogP contribution in [0.4, 0.5) is 19.0 Å². The molecular weight excluding hydrogens is 527 g/mol. The number of fused-ring (bicyclic) bond motifs is 1. The smallest absolute Gasteiger partial charge is 0.271 e. The number of benzene rings is 1. The molecule has 0 bridgehead atoms. The number of ether oxygens (including phenoxy) is 1. The Morgan fingerprint density at radius 2 is 1.85 bits per heavy atom. The SMILES string of the molecule is CCOc1ccc(C(=O)N[C@H]2CCN(c3ccc4ncc(C(=O)NCC(F)F)n4n3)C2)nc1.Fc1ccccc1. The van der Waals surface area contributed by atoms with Crippen LogP contribution in [0.3, 0.4) is 0 Å². The van der Waals surface area contributed by atoms with Gasteiger partial charge >= 0.3 is 0 Å². The fraction of sp³-hybridized carbons (Fsp3) is 0.296. The number of nitrogens with one attached hydrogen (secondary N) is 2. The summed E-state index contributed by atoms with van der Waals surface area (Å²) in [5.74, 6) is 0.0499. The van der Waals surface area contributed by atoms with Gasteiger partial charge in [-0.1, -0.05) is 18.2 Å². The minimum absolute atomic E-state index is 0.0677. The molecule has 4 heterocycles. The Kier molecular flexibility index (Phi) is 9.49. The molecule has 13 heteroatoms. The average molecular weight is 556 g/mol. The van der Waals surface area contributed by atoms with Crippen molar-refractivity contribution in [2.24, 2.45) is 0 Å². The van der Waals surface area contributed by atoms with Gasteiger partial charge in [0.2, 0.25) is 0 Å². The van der Waals surface area contributed by atoms with Gasteiger partial charge in [0.05, 0.1) is 25.5 Å². The van der Waals surface area contributed by atoms with E-state index in [-0.39, 0.29) is 23.5 Å². The maximum Gasteiger partial charge on any atom is 0.271 e. The van der Waals surface area contributed by atoms with Gasteiger partial charge in [0.1, 0.15) is 23.1 Å². The molecule has 1 atom stereocenters. The molecule has 0 unspecified atom stereocenters. The normalized spacial score (nSPS) is 14.5. The number of halogens is 3. The van der Waals surface area contributed by atoms with Crippen molar-refractivity contribution in [1.82, 2.24) is 30.2 Å². The van der Waals surface area contributed by atoms with Crippen LogP contribution >= 0.6 is 0 Å². The minimum Gasteiger partial charge on any atom is -0.492 e. The van der Waals surface area contributed by atoms with Gasteiger partial charge in [-0.2, -0.15) is 0 Å². The number of imidazole rings is 1. The van der Waals surface area contributed by atoms with E-state index in [2.05, 4.69) is 25.7 Å². The van der Waals surface area contributed by atoms with E-state index in [9.17, 15) is 22.8 Å². The van der Waals surface area contributed by atoms with E-state index in [1.807, 2.05) is 11.8 Å². The third-order valence-electron chi connectivity index (χ3n) is 5.86. The number of hydrogen-bond acceptors (Lipinski definition) is 7. The summed E-state index contributed by atoms with van der Waals surface area (Å²) in [4.78, 5) is 34.9. The van der Waals surface area contributed by atoms with Crippen LogP contribution in [-0.4, -0.2) is 70.1 Å². The molecule has 1 aromatic carbocycles. The lowest BCUT2D eigenvalue weighted by Gasteiger charge is -2.18. The maximum absolute atomic E-state index is 12.5. The first-order chi connectivity index (χ1) is 19.3. The van der Waals surface area contributed by atoms with Gasteiger partial charge in [-0.05, 0) is 49.7 Å². The summed E-state index contributed by atoms with van der Waals surface area (Å²) in [6.07, 6.45) is 0.863. The second-order valence-electron chi connectivity index (χ2n) is 8.72. The molecule has 2 N–H and O–H groups in total. The molecular formula is C27H28F3N7O3. The molecule has 2 amide bonds. The molecule has 3 aromatic heterocycles. The molecule has 0 radical (unpaired) electrons. The van der Waals surface area contributed by atoms with Crippen molar-refractivity contribution >= 4 is 23.3 Å². The standard InChI is InChI=1S/C21H23F2N7O3.C6H5F/c1-2-33-14-3-4-15(24-9-14)20(31)27-13-7-8-29(12-13)19-6-5-18-25-10-16(30(18)28-19)21(32)26-11-17(22)23;7-6-4-2-1-3-5-6/h3-6,9-10,13,17H,2,7-8,11-12H2,1H3,(H,26,32)(H,27,31);1-5H/t13-;/m0./s1. The van der Waals surface area contributed by atoms with Crippen LogP contribution in [0, 0.1) is 5.82 Å². The minimum atomic E-state index is -2.65. The van der Waals surface area contributed by atoms with E-state index in [0.717, 1.165) is 0 Å². The lowest BCUT2D eigenvalue weighted by Crippen LogP contribution is -2.37. The Hall–Kier alpha value is -4.68. The largest absolute Gasteiger partial charge is 0.492 e. The summed E-state index contributed by atoms with van der Waals surface area (Å²) < 4.78 is 43.4. The molecule has 1 fully saturated rings. The Bertz CT molecular complexity index is 1420. The number of carbonyl (C=O) groups excluding carboxylic acids is 2. The second kappa shape index (κ2) is 13.4. The topological polar surface area (TPSA) is 114 Å². The predicted molar refractivity (Wildman–Crippen MR) is 141 cm³/mol. The molecule has 0 saturated carbocycles. The average Bonchev–Trinajstić information content (AvgIpc) is 3.60. The van der Waals surface area contributed by atoms with Gasteiger partial charge in [-0.25, -0.2) is 27.7 Å².